The van der Waals surface area contributed by atoms with E-state index in [1.807, 2.05) is 0 Å². The Kier molecular flexibility index (Phi) is 5.41. The Morgan fingerprint density at radius 3 is 2.71 bits per heavy atom. The first kappa shape index (κ1) is 19.5. The lowest BCUT2D eigenvalue weighted by atomic mass is 10.2. The molecular formula is C17H16ClFN6O3. The number of benzene rings is 1. The summed E-state index contributed by atoms with van der Waals surface area (Å²) in [4.78, 5) is 22.8. The van der Waals surface area contributed by atoms with Gasteiger partial charge >= 0.3 is 5.69 Å². The number of amides is 1. The molecule has 146 valence electrons. The summed E-state index contributed by atoms with van der Waals surface area (Å²) in [6.07, 6.45) is 2.66. The second-order valence-electron chi connectivity index (χ2n) is 6.12. The molecule has 0 fully saturated rings. The fourth-order valence-electron chi connectivity index (χ4n) is 2.55. The standard InChI is InChI=1S/C17H16ClFN6O3/c1-10-15(25(27)28)9-24(21-10)11(2)17(26)20-16-13(18)8-23(22-16)7-12-5-3-4-6-14(12)19/h3-6,8-9,11H,7H2,1-2H3,(H,20,22,26). The molecule has 0 saturated carbocycles. The van der Waals surface area contributed by atoms with Gasteiger partial charge in [0.25, 0.3) is 0 Å². The number of rotatable bonds is 6. The van der Waals surface area contributed by atoms with Crippen molar-refractivity contribution in [2.24, 2.45) is 0 Å². The molecular weight excluding hydrogens is 391 g/mol. The Balaban J connectivity index is 1.73. The van der Waals surface area contributed by atoms with Crippen molar-refractivity contribution in [3.8, 4) is 0 Å². The van der Waals surface area contributed by atoms with Gasteiger partial charge in [0, 0.05) is 11.8 Å². The zero-order valence-electron chi connectivity index (χ0n) is 15.0. The number of halogens is 2. The van der Waals surface area contributed by atoms with Gasteiger partial charge in [0.2, 0.25) is 5.91 Å². The molecule has 1 amide bonds. The van der Waals surface area contributed by atoms with Crippen LogP contribution in [0.1, 0.15) is 24.2 Å². The molecule has 1 N–H and O–H groups in total. The number of hydrogen-bond donors (Lipinski definition) is 1. The largest absolute Gasteiger partial charge is 0.309 e. The molecule has 0 bridgehead atoms. The van der Waals surface area contributed by atoms with Crippen molar-refractivity contribution in [3.63, 3.8) is 0 Å². The van der Waals surface area contributed by atoms with E-state index in [0.29, 0.717) is 5.56 Å². The maximum atomic E-state index is 13.8. The highest BCUT2D eigenvalue weighted by Gasteiger charge is 2.23. The predicted octanol–water partition coefficient (Wildman–Crippen LogP) is 3.34. The summed E-state index contributed by atoms with van der Waals surface area (Å²) in [6.45, 7) is 3.17. The van der Waals surface area contributed by atoms with Crippen LogP contribution in [-0.2, 0) is 11.3 Å². The summed E-state index contributed by atoms with van der Waals surface area (Å²) >= 11 is 6.11. The molecule has 0 aliphatic rings. The van der Waals surface area contributed by atoms with Crippen molar-refractivity contribution in [3.05, 3.63) is 68.9 Å². The summed E-state index contributed by atoms with van der Waals surface area (Å²) in [7, 11) is 0. The molecule has 0 aliphatic carbocycles. The van der Waals surface area contributed by atoms with Crippen LogP contribution < -0.4 is 5.32 Å². The van der Waals surface area contributed by atoms with E-state index in [2.05, 4.69) is 15.5 Å². The highest BCUT2D eigenvalue weighted by atomic mass is 35.5. The van der Waals surface area contributed by atoms with Gasteiger partial charge in [-0.1, -0.05) is 29.8 Å². The Hall–Kier alpha value is -3.27. The normalized spacial score (nSPS) is 12.0. The summed E-state index contributed by atoms with van der Waals surface area (Å²) in [5, 5.41) is 21.8. The topological polar surface area (TPSA) is 108 Å². The number of carbonyl (C=O) groups excluding carboxylic acids is 1. The van der Waals surface area contributed by atoms with Crippen LogP contribution >= 0.6 is 11.6 Å². The Bertz CT molecular complexity index is 1050. The zero-order chi connectivity index (χ0) is 20.4. The Morgan fingerprint density at radius 2 is 2.07 bits per heavy atom. The van der Waals surface area contributed by atoms with E-state index >= 15 is 0 Å². The van der Waals surface area contributed by atoms with E-state index in [4.69, 9.17) is 11.6 Å². The minimum absolute atomic E-state index is 0.105. The molecule has 0 radical (unpaired) electrons. The molecule has 3 rings (SSSR count). The van der Waals surface area contributed by atoms with Crippen molar-refractivity contribution >= 4 is 29.0 Å². The van der Waals surface area contributed by atoms with Crippen LogP contribution in [0.2, 0.25) is 5.02 Å². The highest BCUT2D eigenvalue weighted by Crippen LogP contribution is 2.23. The van der Waals surface area contributed by atoms with Crippen molar-refractivity contribution < 1.29 is 14.1 Å². The number of nitrogens with one attached hydrogen (secondary N) is 1. The van der Waals surface area contributed by atoms with Gasteiger partial charge in [-0.15, -0.1) is 0 Å². The van der Waals surface area contributed by atoms with E-state index in [9.17, 15) is 19.3 Å². The van der Waals surface area contributed by atoms with Gasteiger partial charge in [-0.3, -0.25) is 24.3 Å². The van der Waals surface area contributed by atoms with E-state index < -0.39 is 16.9 Å². The van der Waals surface area contributed by atoms with Crippen LogP contribution in [0.15, 0.2) is 36.7 Å². The van der Waals surface area contributed by atoms with Gasteiger partial charge in [0.05, 0.1) is 11.5 Å². The van der Waals surface area contributed by atoms with Crippen LogP contribution in [0.3, 0.4) is 0 Å². The van der Waals surface area contributed by atoms with Crippen LogP contribution in [-0.4, -0.2) is 30.4 Å². The molecule has 2 heterocycles. The Morgan fingerprint density at radius 1 is 1.36 bits per heavy atom. The van der Waals surface area contributed by atoms with E-state index in [-0.39, 0.29) is 34.6 Å². The lowest BCUT2D eigenvalue weighted by Gasteiger charge is -2.11. The smallest absolute Gasteiger partial charge is 0.306 e. The first-order valence-electron chi connectivity index (χ1n) is 8.23. The van der Waals surface area contributed by atoms with Crippen LogP contribution in [0, 0.1) is 22.9 Å². The lowest BCUT2D eigenvalue weighted by Crippen LogP contribution is -2.24. The Labute approximate surface area is 163 Å². The monoisotopic (exact) mass is 406 g/mol. The number of carbonyl (C=O) groups is 1. The molecule has 0 saturated heterocycles. The molecule has 0 aliphatic heterocycles. The van der Waals surface area contributed by atoms with Gasteiger partial charge in [0.15, 0.2) is 5.82 Å². The number of nitrogens with zero attached hydrogens (tertiary/aromatic N) is 5. The summed E-state index contributed by atoms with van der Waals surface area (Å²) in [5.41, 5.74) is 0.455. The molecule has 2 aromatic heterocycles. The minimum atomic E-state index is -0.833. The van der Waals surface area contributed by atoms with Crippen LogP contribution in [0.5, 0.6) is 0 Å². The van der Waals surface area contributed by atoms with E-state index in [0.717, 1.165) is 0 Å². The fraction of sp³-hybridized carbons (Fsp3) is 0.235. The quantitative estimate of drug-likeness (QED) is 0.499. The molecule has 1 atom stereocenters. The zero-order valence-corrected chi connectivity index (χ0v) is 15.7. The van der Waals surface area contributed by atoms with Gasteiger partial charge in [0.1, 0.15) is 28.8 Å². The molecule has 28 heavy (non-hydrogen) atoms. The van der Waals surface area contributed by atoms with E-state index in [1.165, 1.54) is 41.7 Å². The predicted molar refractivity (Wildman–Crippen MR) is 99.7 cm³/mol. The second-order valence-corrected chi connectivity index (χ2v) is 6.52. The first-order chi connectivity index (χ1) is 13.3. The third-order valence-corrected chi connectivity index (χ3v) is 4.39. The van der Waals surface area contributed by atoms with Gasteiger partial charge in [-0.2, -0.15) is 10.2 Å². The van der Waals surface area contributed by atoms with E-state index in [1.54, 1.807) is 18.2 Å². The van der Waals surface area contributed by atoms with Crippen LogP contribution in [0.4, 0.5) is 15.9 Å². The third-order valence-electron chi connectivity index (χ3n) is 4.11. The number of aryl methyl sites for hydroxylation is 1. The molecule has 1 unspecified atom stereocenters. The molecule has 1 aromatic carbocycles. The van der Waals surface area contributed by atoms with Crippen molar-refractivity contribution in [2.45, 2.75) is 26.4 Å². The fourth-order valence-corrected chi connectivity index (χ4v) is 2.75. The van der Waals surface area contributed by atoms with Crippen molar-refractivity contribution in [2.75, 3.05) is 5.32 Å². The lowest BCUT2D eigenvalue weighted by molar-refractivity contribution is -0.385. The van der Waals surface area contributed by atoms with Gasteiger partial charge in [-0.05, 0) is 19.9 Å². The molecule has 3 aromatic rings. The van der Waals surface area contributed by atoms with Gasteiger partial charge in [-0.25, -0.2) is 4.39 Å². The number of nitro groups is 1. The molecule has 9 nitrogen and oxygen atoms in total. The SMILES string of the molecule is Cc1nn(C(C)C(=O)Nc2nn(Cc3ccccc3F)cc2Cl)cc1[N+](=O)[O-]. The highest BCUT2D eigenvalue weighted by molar-refractivity contribution is 6.33. The summed E-state index contributed by atoms with van der Waals surface area (Å²) < 4.78 is 16.4. The van der Waals surface area contributed by atoms with Gasteiger partial charge < -0.3 is 5.32 Å². The maximum Gasteiger partial charge on any atom is 0.309 e. The average Bonchev–Trinajstić information content (AvgIpc) is 3.19. The summed E-state index contributed by atoms with van der Waals surface area (Å²) in [5.74, 6) is -0.771. The molecule has 0 spiro atoms. The average molecular weight is 407 g/mol. The minimum Gasteiger partial charge on any atom is -0.306 e. The van der Waals surface area contributed by atoms with Crippen LogP contribution in [0.25, 0.3) is 0 Å². The van der Waals surface area contributed by atoms with Crippen molar-refractivity contribution in [1.82, 2.24) is 19.6 Å². The maximum absolute atomic E-state index is 13.8. The summed E-state index contributed by atoms with van der Waals surface area (Å²) in [6, 6.07) is 5.43. The number of anilines is 1. The third kappa shape index (κ3) is 4.01. The first-order valence-corrected chi connectivity index (χ1v) is 8.61. The number of hydrogen-bond acceptors (Lipinski definition) is 5. The second kappa shape index (κ2) is 7.77. The van der Waals surface area contributed by atoms with Crippen molar-refractivity contribution in [1.29, 1.82) is 0 Å². The molecule has 11 heteroatoms. The number of aromatic nitrogens is 4.